The highest BCUT2D eigenvalue weighted by Crippen LogP contribution is 1.79. The zero-order valence-corrected chi connectivity index (χ0v) is 6.68. The molecule has 2 N–H and O–H groups in total. The molecule has 0 heterocycles. The van der Waals surface area contributed by atoms with Crippen molar-refractivity contribution in [2.24, 2.45) is 0 Å². The summed E-state index contributed by atoms with van der Waals surface area (Å²) in [6, 6.07) is 12.0. The van der Waals surface area contributed by atoms with Crippen LogP contribution in [0.2, 0.25) is 0 Å². The topological polar surface area (TPSA) is 57.5 Å². The second kappa shape index (κ2) is 7.75. The minimum atomic E-state index is -0.961. The maximum absolute atomic E-state index is 9.44. The number of rotatable bonds is 2. The molecule has 0 saturated heterocycles. The second-order valence-electron chi connectivity index (χ2n) is 2.02. The summed E-state index contributed by atoms with van der Waals surface area (Å²) in [5, 5.41) is 15.6. The van der Waals surface area contributed by atoms with Gasteiger partial charge in [0.15, 0.2) is 0 Å². The van der Waals surface area contributed by atoms with Crippen LogP contribution in [0.25, 0.3) is 0 Å². The fourth-order valence-corrected chi connectivity index (χ4v) is 0.481. The lowest BCUT2D eigenvalue weighted by molar-refractivity contribution is -0.137. The molecule has 0 fully saturated rings. The van der Waals surface area contributed by atoms with Gasteiger partial charge in [0.05, 0.1) is 13.0 Å². The Bertz CT molecular complexity index is 169. The van der Waals surface area contributed by atoms with Crippen LogP contribution in [0.15, 0.2) is 36.4 Å². The molecule has 3 nitrogen and oxygen atoms in total. The lowest BCUT2D eigenvalue weighted by Crippen LogP contribution is -1.96. The predicted octanol–water partition coefficient (Wildman–Crippen LogP) is 1.14. The van der Waals surface area contributed by atoms with Crippen LogP contribution in [0.5, 0.6) is 0 Å². The summed E-state index contributed by atoms with van der Waals surface area (Å²) in [5.74, 6) is -0.961. The summed E-state index contributed by atoms with van der Waals surface area (Å²) in [7, 11) is 0. The fourth-order valence-electron chi connectivity index (χ4n) is 0.481. The van der Waals surface area contributed by atoms with Gasteiger partial charge in [0, 0.05) is 0 Å². The molecule has 0 aliphatic heterocycles. The van der Waals surface area contributed by atoms with E-state index in [1.807, 2.05) is 36.4 Å². The van der Waals surface area contributed by atoms with Gasteiger partial charge in [-0.05, 0) is 0 Å². The van der Waals surface area contributed by atoms with E-state index in [1.54, 1.807) is 0 Å². The highest BCUT2D eigenvalue weighted by atomic mass is 16.4. The van der Waals surface area contributed by atoms with Gasteiger partial charge in [-0.2, -0.15) is 0 Å². The summed E-state index contributed by atoms with van der Waals surface area (Å²) in [5.41, 5.74) is 0. The molecule has 0 atom stereocenters. The van der Waals surface area contributed by atoms with Gasteiger partial charge in [0.25, 0.3) is 0 Å². The SMILES string of the molecule is O=C(O)CCO.c1ccccc1. The maximum Gasteiger partial charge on any atom is 0.305 e. The van der Waals surface area contributed by atoms with Crippen LogP contribution in [-0.2, 0) is 4.79 Å². The monoisotopic (exact) mass is 168 g/mol. The van der Waals surface area contributed by atoms with Gasteiger partial charge in [0.2, 0.25) is 0 Å². The molecule has 0 amide bonds. The molecular weight excluding hydrogens is 156 g/mol. The van der Waals surface area contributed by atoms with E-state index in [-0.39, 0.29) is 13.0 Å². The molecule has 0 aliphatic carbocycles. The molecule has 0 bridgehead atoms. The molecule has 1 rings (SSSR count). The van der Waals surface area contributed by atoms with Gasteiger partial charge in [-0.1, -0.05) is 36.4 Å². The Morgan fingerprint density at radius 1 is 1.00 bits per heavy atom. The van der Waals surface area contributed by atoms with E-state index in [0.29, 0.717) is 0 Å². The Balaban J connectivity index is 0.000000202. The van der Waals surface area contributed by atoms with E-state index in [1.165, 1.54) is 0 Å². The Labute approximate surface area is 71.3 Å². The fraction of sp³-hybridized carbons (Fsp3) is 0.222. The van der Waals surface area contributed by atoms with Crippen LogP contribution in [-0.4, -0.2) is 22.8 Å². The Kier molecular flexibility index (Phi) is 6.88. The molecule has 0 saturated carbocycles. The number of aliphatic hydroxyl groups excluding tert-OH is 1. The summed E-state index contributed by atoms with van der Waals surface area (Å²) < 4.78 is 0. The van der Waals surface area contributed by atoms with E-state index in [4.69, 9.17) is 10.2 Å². The first-order chi connectivity index (χ1) is 5.77. The third-order valence-corrected chi connectivity index (χ3v) is 0.992. The van der Waals surface area contributed by atoms with E-state index >= 15 is 0 Å². The number of hydrogen-bond acceptors (Lipinski definition) is 2. The number of carboxylic acid groups (broad SMARTS) is 1. The molecule has 0 aromatic heterocycles. The van der Waals surface area contributed by atoms with Crippen LogP contribution in [0.1, 0.15) is 6.42 Å². The molecule has 0 unspecified atom stereocenters. The van der Waals surface area contributed by atoms with Crippen molar-refractivity contribution in [3.8, 4) is 0 Å². The first kappa shape index (κ1) is 10.7. The highest BCUT2D eigenvalue weighted by molar-refractivity contribution is 5.66. The lowest BCUT2D eigenvalue weighted by Gasteiger charge is -1.79. The van der Waals surface area contributed by atoms with Crippen LogP contribution >= 0.6 is 0 Å². The van der Waals surface area contributed by atoms with E-state index in [9.17, 15) is 4.79 Å². The molecular formula is C9H12O3. The molecule has 0 radical (unpaired) electrons. The quantitative estimate of drug-likeness (QED) is 0.696. The molecule has 0 spiro atoms. The van der Waals surface area contributed by atoms with Gasteiger partial charge in [0.1, 0.15) is 0 Å². The Morgan fingerprint density at radius 3 is 1.42 bits per heavy atom. The molecule has 1 aromatic rings. The van der Waals surface area contributed by atoms with Gasteiger partial charge >= 0.3 is 5.97 Å². The largest absolute Gasteiger partial charge is 0.481 e. The van der Waals surface area contributed by atoms with Crippen LogP contribution in [0.4, 0.5) is 0 Å². The third kappa shape index (κ3) is 8.65. The summed E-state index contributed by atoms with van der Waals surface area (Å²) in [6.07, 6.45) is -0.153. The van der Waals surface area contributed by atoms with Crippen molar-refractivity contribution in [2.45, 2.75) is 6.42 Å². The van der Waals surface area contributed by atoms with Crippen molar-refractivity contribution in [3.63, 3.8) is 0 Å². The minimum Gasteiger partial charge on any atom is -0.481 e. The number of aliphatic carboxylic acids is 1. The zero-order chi connectivity index (χ0) is 9.23. The second-order valence-corrected chi connectivity index (χ2v) is 2.02. The Hall–Kier alpha value is -1.35. The number of aliphatic hydroxyl groups is 1. The lowest BCUT2D eigenvalue weighted by atomic mass is 10.4. The van der Waals surface area contributed by atoms with Crippen molar-refractivity contribution in [2.75, 3.05) is 6.61 Å². The minimum absolute atomic E-state index is 0.153. The van der Waals surface area contributed by atoms with Gasteiger partial charge < -0.3 is 10.2 Å². The third-order valence-electron chi connectivity index (χ3n) is 0.992. The van der Waals surface area contributed by atoms with Crippen molar-refractivity contribution in [3.05, 3.63) is 36.4 Å². The average Bonchev–Trinajstić information content (AvgIpc) is 2.08. The number of carboxylic acids is 1. The maximum atomic E-state index is 9.44. The van der Waals surface area contributed by atoms with Crippen molar-refractivity contribution >= 4 is 5.97 Å². The Morgan fingerprint density at radius 2 is 1.33 bits per heavy atom. The molecule has 0 aliphatic rings. The standard InChI is InChI=1S/C6H6.C3H6O3/c1-2-4-6-5-3-1;4-2-1-3(5)6/h1-6H;4H,1-2H2,(H,5,6). The van der Waals surface area contributed by atoms with E-state index < -0.39 is 5.97 Å². The summed E-state index contributed by atoms with van der Waals surface area (Å²) >= 11 is 0. The normalized spacial score (nSPS) is 8.08. The summed E-state index contributed by atoms with van der Waals surface area (Å²) in [6.45, 7) is -0.269. The summed E-state index contributed by atoms with van der Waals surface area (Å²) in [4.78, 5) is 9.44. The predicted molar refractivity (Wildman–Crippen MR) is 45.8 cm³/mol. The number of benzene rings is 1. The van der Waals surface area contributed by atoms with E-state index in [0.717, 1.165) is 0 Å². The van der Waals surface area contributed by atoms with E-state index in [2.05, 4.69) is 0 Å². The highest BCUT2D eigenvalue weighted by Gasteiger charge is 1.88. The van der Waals surface area contributed by atoms with Gasteiger partial charge in [-0.15, -0.1) is 0 Å². The van der Waals surface area contributed by atoms with Crippen molar-refractivity contribution in [1.82, 2.24) is 0 Å². The molecule has 12 heavy (non-hydrogen) atoms. The van der Waals surface area contributed by atoms with Crippen LogP contribution in [0, 0.1) is 0 Å². The average molecular weight is 168 g/mol. The van der Waals surface area contributed by atoms with Gasteiger partial charge in [-0.25, -0.2) is 0 Å². The van der Waals surface area contributed by atoms with Crippen LogP contribution < -0.4 is 0 Å². The van der Waals surface area contributed by atoms with Gasteiger partial charge in [-0.3, -0.25) is 4.79 Å². The first-order valence-electron chi connectivity index (χ1n) is 3.60. The smallest absolute Gasteiger partial charge is 0.305 e. The van der Waals surface area contributed by atoms with Crippen molar-refractivity contribution in [1.29, 1.82) is 0 Å². The zero-order valence-electron chi connectivity index (χ0n) is 6.68. The molecule has 66 valence electrons. The van der Waals surface area contributed by atoms with Crippen molar-refractivity contribution < 1.29 is 15.0 Å². The molecule has 1 aromatic carbocycles. The molecule has 3 heteroatoms. The first-order valence-corrected chi connectivity index (χ1v) is 3.60. The number of hydrogen-bond donors (Lipinski definition) is 2. The number of carbonyl (C=O) groups is 1. The van der Waals surface area contributed by atoms with Crippen LogP contribution in [0.3, 0.4) is 0 Å².